The lowest BCUT2D eigenvalue weighted by atomic mass is 10.2. The first-order valence-corrected chi connectivity index (χ1v) is 5.88. The van der Waals surface area contributed by atoms with Crippen LogP contribution in [0.5, 0.6) is 0 Å². The van der Waals surface area contributed by atoms with Gasteiger partial charge in [-0.2, -0.15) is 0 Å². The summed E-state index contributed by atoms with van der Waals surface area (Å²) in [6, 6.07) is 9.92. The molecule has 3 rings (SSSR count). The van der Waals surface area contributed by atoms with Crippen molar-refractivity contribution in [2.75, 3.05) is 18.0 Å². The predicted octanol–water partition coefficient (Wildman–Crippen LogP) is 2.00. The van der Waals surface area contributed by atoms with E-state index in [0.29, 0.717) is 12.1 Å². The van der Waals surface area contributed by atoms with Crippen molar-refractivity contribution in [3.63, 3.8) is 0 Å². The molecule has 0 amide bonds. The minimum atomic E-state index is 0.707. The number of nitrogens with one attached hydrogen (secondary N) is 1. The van der Waals surface area contributed by atoms with Crippen LogP contribution in [0.4, 0.5) is 5.69 Å². The molecule has 74 valence electrons. The number of para-hydroxylation sites is 1. The van der Waals surface area contributed by atoms with Crippen LogP contribution in [-0.4, -0.2) is 25.2 Å². The molecule has 14 heavy (non-hydrogen) atoms. The maximum absolute atomic E-state index is 3.62. The standard InChI is InChI=1S/C11H13BrN2/c12-10-3-1-2-4-11(10)14-7-8-5-9(14)6-13-8/h1-4,8-9,13H,5-7H2/t8-,9-/m0/s1. The van der Waals surface area contributed by atoms with Gasteiger partial charge in [0.2, 0.25) is 0 Å². The predicted molar refractivity (Wildman–Crippen MR) is 61.7 cm³/mol. The van der Waals surface area contributed by atoms with Gasteiger partial charge < -0.3 is 10.2 Å². The van der Waals surface area contributed by atoms with Crippen LogP contribution in [0, 0.1) is 0 Å². The number of rotatable bonds is 1. The third-order valence-corrected chi connectivity index (χ3v) is 3.89. The maximum atomic E-state index is 3.62. The van der Waals surface area contributed by atoms with Crippen molar-refractivity contribution in [3.8, 4) is 0 Å². The molecule has 2 aliphatic heterocycles. The van der Waals surface area contributed by atoms with Gasteiger partial charge in [-0.3, -0.25) is 0 Å². The van der Waals surface area contributed by atoms with E-state index in [9.17, 15) is 0 Å². The zero-order valence-corrected chi connectivity index (χ0v) is 9.50. The molecule has 1 aromatic carbocycles. The van der Waals surface area contributed by atoms with Crippen LogP contribution < -0.4 is 10.2 Å². The summed E-state index contributed by atoms with van der Waals surface area (Å²) < 4.78 is 1.22. The number of benzene rings is 1. The lowest BCUT2D eigenvalue weighted by Gasteiger charge is -2.30. The molecule has 2 fully saturated rings. The molecule has 2 saturated heterocycles. The van der Waals surface area contributed by atoms with Gasteiger partial charge in [0.05, 0.1) is 5.69 Å². The highest BCUT2D eigenvalue weighted by Gasteiger charge is 2.37. The Morgan fingerprint density at radius 3 is 2.86 bits per heavy atom. The van der Waals surface area contributed by atoms with Crippen LogP contribution in [0.25, 0.3) is 0 Å². The van der Waals surface area contributed by atoms with E-state index >= 15 is 0 Å². The molecule has 0 aliphatic carbocycles. The second-order valence-electron chi connectivity index (χ2n) is 4.10. The molecule has 1 aromatic rings. The molecule has 2 aliphatic rings. The molecule has 0 spiro atoms. The zero-order valence-electron chi connectivity index (χ0n) is 7.91. The summed E-state index contributed by atoms with van der Waals surface area (Å²) in [6.07, 6.45) is 1.31. The Hall–Kier alpha value is -0.540. The Bertz CT molecular complexity index is 353. The minimum absolute atomic E-state index is 0.707. The number of halogens is 1. The number of piperazine rings is 1. The van der Waals surface area contributed by atoms with Crippen molar-refractivity contribution in [1.29, 1.82) is 0 Å². The van der Waals surface area contributed by atoms with Crippen molar-refractivity contribution in [3.05, 3.63) is 28.7 Å². The Balaban J connectivity index is 1.93. The zero-order chi connectivity index (χ0) is 9.54. The third-order valence-electron chi connectivity index (χ3n) is 3.22. The highest BCUT2D eigenvalue weighted by Crippen LogP contribution is 2.33. The fourth-order valence-electron chi connectivity index (χ4n) is 2.54. The van der Waals surface area contributed by atoms with E-state index in [-0.39, 0.29) is 0 Å². The summed E-state index contributed by atoms with van der Waals surface area (Å²) in [5.41, 5.74) is 1.35. The van der Waals surface area contributed by atoms with Gasteiger partial charge in [-0.25, -0.2) is 0 Å². The first-order valence-electron chi connectivity index (χ1n) is 5.09. The van der Waals surface area contributed by atoms with Crippen molar-refractivity contribution in [2.45, 2.75) is 18.5 Å². The summed E-state index contributed by atoms with van der Waals surface area (Å²) >= 11 is 3.62. The van der Waals surface area contributed by atoms with Crippen LogP contribution in [0.2, 0.25) is 0 Å². The Kier molecular flexibility index (Phi) is 2.03. The normalized spacial score (nSPS) is 29.9. The lowest BCUT2D eigenvalue weighted by molar-refractivity contribution is 0.579. The van der Waals surface area contributed by atoms with E-state index < -0.39 is 0 Å². The van der Waals surface area contributed by atoms with E-state index in [2.05, 4.69) is 50.4 Å². The van der Waals surface area contributed by atoms with Gasteiger partial charge in [0.15, 0.2) is 0 Å². The number of nitrogens with zero attached hydrogens (tertiary/aromatic N) is 1. The van der Waals surface area contributed by atoms with E-state index in [1.807, 2.05) is 0 Å². The van der Waals surface area contributed by atoms with Gasteiger partial charge in [-0.05, 0) is 34.5 Å². The van der Waals surface area contributed by atoms with Gasteiger partial charge in [-0.1, -0.05) is 12.1 Å². The van der Waals surface area contributed by atoms with Gasteiger partial charge in [0.1, 0.15) is 0 Å². The smallest absolute Gasteiger partial charge is 0.0514 e. The lowest BCUT2D eigenvalue weighted by Crippen LogP contribution is -2.43. The molecule has 0 aromatic heterocycles. The first-order chi connectivity index (χ1) is 6.84. The quantitative estimate of drug-likeness (QED) is 0.823. The molecule has 2 heterocycles. The van der Waals surface area contributed by atoms with Crippen molar-refractivity contribution < 1.29 is 0 Å². The monoisotopic (exact) mass is 252 g/mol. The highest BCUT2D eigenvalue weighted by molar-refractivity contribution is 9.10. The van der Waals surface area contributed by atoms with Gasteiger partial charge in [0, 0.05) is 29.6 Å². The largest absolute Gasteiger partial charge is 0.365 e. The summed E-state index contributed by atoms with van der Waals surface area (Å²) in [7, 11) is 0. The first kappa shape index (κ1) is 8.74. The molecule has 2 nitrogen and oxygen atoms in total. The average Bonchev–Trinajstić information content (AvgIpc) is 2.79. The molecule has 0 unspecified atom stereocenters. The fourth-order valence-corrected chi connectivity index (χ4v) is 3.05. The summed E-state index contributed by atoms with van der Waals surface area (Å²) in [6.45, 7) is 2.30. The number of hydrogen-bond acceptors (Lipinski definition) is 2. The number of hydrogen-bond donors (Lipinski definition) is 1. The Labute approximate surface area is 92.4 Å². The second kappa shape index (κ2) is 3.24. The van der Waals surface area contributed by atoms with E-state index in [4.69, 9.17) is 0 Å². The van der Waals surface area contributed by atoms with E-state index in [1.54, 1.807) is 0 Å². The molecule has 2 atom stereocenters. The van der Waals surface area contributed by atoms with Gasteiger partial charge in [0.25, 0.3) is 0 Å². The van der Waals surface area contributed by atoms with Crippen molar-refractivity contribution >= 4 is 21.6 Å². The van der Waals surface area contributed by atoms with Crippen LogP contribution in [-0.2, 0) is 0 Å². The van der Waals surface area contributed by atoms with E-state index in [1.165, 1.54) is 16.6 Å². The highest BCUT2D eigenvalue weighted by atomic mass is 79.9. The molecular weight excluding hydrogens is 240 g/mol. The van der Waals surface area contributed by atoms with Gasteiger partial charge in [-0.15, -0.1) is 0 Å². The summed E-state index contributed by atoms with van der Waals surface area (Å²) in [5, 5.41) is 3.52. The van der Waals surface area contributed by atoms with Crippen LogP contribution in [0.15, 0.2) is 28.7 Å². The molecule has 0 saturated carbocycles. The van der Waals surface area contributed by atoms with Crippen molar-refractivity contribution in [1.82, 2.24) is 5.32 Å². The number of anilines is 1. The third kappa shape index (κ3) is 1.27. The molecule has 1 N–H and O–H groups in total. The molecule has 0 radical (unpaired) electrons. The molecule has 3 heteroatoms. The Morgan fingerprint density at radius 2 is 2.21 bits per heavy atom. The average molecular weight is 253 g/mol. The van der Waals surface area contributed by atoms with Gasteiger partial charge >= 0.3 is 0 Å². The van der Waals surface area contributed by atoms with E-state index in [0.717, 1.165) is 13.1 Å². The summed E-state index contributed by atoms with van der Waals surface area (Å²) in [4.78, 5) is 2.52. The Morgan fingerprint density at radius 1 is 1.36 bits per heavy atom. The minimum Gasteiger partial charge on any atom is -0.365 e. The maximum Gasteiger partial charge on any atom is 0.0514 e. The SMILES string of the molecule is Brc1ccccc1N1C[C@@H]2C[C@H]1CN2. The topological polar surface area (TPSA) is 15.3 Å². The van der Waals surface area contributed by atoms with Crippen LogP contribution >= 0.6 is 15.9 Å². The molecule has 2 bridgehead atoms. The van der Waals surface area contributed by atoms with Crippen LogP contribution in [0.1, 0.15) is 6.42 Å². The molecular formula is C11H13BrN2. The summed E-state index contributed by atoms with van der Waals surface area (Å²) in [5.74, 6) is 0. The fraction of sp³-hybridized carbons (Fsp3) is 0.455. The number of fused-ring (bicyclic) bond motifs is 2. The van der Waals surface area contributed by atoms with Crippen LogP contribution in [0.3, 0.4) is 0 Å². The van der Waals surface area contributed by atoms with Crippen molar-refractivity contribution in [2.24, 2.45) is 0 Å². The second-order valence-corrected chi connectivity index (χ2v) is 4.95.